The van der Waals surface area contributed by atoms with Gasteiger partial charge in [-0.1, -0.05) is 31.5 Å². The Morgan fingerprint density at radius 2 is 1.86 bits per heavy atom. The Labute approximate surface area is 216 Å². The number of carbonyl (C=O) groups is 1. The predicted octanol–water partition coefficient (Wildman–Crippen LogP) is 5.89. The van der Waals surface area contributed by atoms with Crippen molar-refractivity contribution in [2.24, 2.45) is 0 Å². The average molecular weight is 509 g/mol. The fourth-order valence-corrected chi connectivity index (χ4v) is 6.00. The van der Waals surface area contributed by atoms with Crippen LogP contribution in [-0.2, 0) is 40.3 Å². The Morgan fingerprint density at radius 1 is 1.14 bits per heavy atom. The summed E-state index contributed by atoms with van der Waals surface area (Å²) in [6, 6.07) is 9.32. The van der Waals surface area contributed by atoms with Gasteiger partial charge in [-0.05, 0) is 92.8 Å². The van der Waals surface area contributed by atoms with E-state index in [1.807, 2.05) is 36.7 Å². The number of benzene rings is 2. The lowest BCUT2D eigenvalue weighted by Crippen LogP contribution is -2.27. The molecule has 1 aliphatic carbocycles. The monoisotopic (exact) mass is 508 g/mol. The normalized spacial score (nSPS) is 15.4. The van der Waals surface area contributed by atoms with Gasteiger partial charge in [0, 0.05) is 18.5 Å². The quantitative estimate of drug-likeness (QED) is 0.337. The molecule has 1 unspecified atom stereocenters. The fraction of sp³-hybridized carbons (Fsp3) is 0.448. The van der Waals surface area contributed by atoms with Crippen molar-refractivity contribution in [2.45, 2.75) is 79.2 Å². The van der Waals surface area contributed by atoms with E-state index in [2.05, 4.69) is 32.8 Å². The van der Waals surface area contributed by atoms with Crippen molar-refractivity contribution >= 4 is 17.1 Å². The van der Waals surface area contributed by atoms with E-state index in [4.69, 9.17) is 8.37 Å². The minimum Gasteiger partial charge on any atom is -0.380 e. The molecule has 2 aromatic carbocycles. The summed E-state index contributed by atoms with van der Waals surface area (Å²) in [5.74, 6) is 0.459. The van der Waals surface area contributed by atoms with Crippen LogP contribution >= 0.6 is 0 Å². The van der Waals surface area contributed by atoms with Crippen molar-refractivity contribution < 1.29 is 17.4 Å². The molecule has 0 spiro atoms. The topological polar surface area (TPSA) is 70.4 Å². The Hall–Kier alpha value is -2.77. The van der Waals surface area contributed by atoms with E-state index >= 15 is 0 Å². The summed E-state index contributed by atoms with van der Waals surface area (Å²) in [5.41, 5.74) is 8.21. The Morgan fingerprint density at radius 3 is 2.56 bits per heavy atom. The van der Waals surface area contributed by atoms with E-state index in [0.29, 0.717) is 24.3 Å². The van der Waals surface area contributed by atoms with Crippen molar-refractivity contribution in [2.75, 3.05) is 6.61 Å². The minimum absolute atomic E-state index is 0.0218. The van der Waals surface area contributed by atoms with Gasteiger partial charge in [-0.15, -0.1) is 0 Å². The van der Waals surface area contributed by atoms with E-state index < -0.39 is 11.4 Å². The largest absolute Gasteiger partial charge is 0.380 e. The molecule has 192 valence electrons. The third-order valence-electron chi connectivity index (χ3n) is 7.26. The predicted molar refractivity (Wildman–Crippen MR) is 143 cm³/mol. The van der Waals surface area contributed by atoms with Crippen LogP contribution in [-0.4, -0.2) is 26.4 Å². The van der Waals surface area contributed by atoms with Gasteiger partial charge in [0.2, 0.25) is 0 Å². The summed E-state index contributed by atoms with van der Waals surface area (Å²) in [7, 11) is 0. The highest BCUT2D eigenvalue weighted by Crippen LogP contribution is 2.41. The molecule has 4 rings (SSSR count). The molecule has 0 bridgehead atoms. The molecule has 1 aromatic heterocycles. The molecule has 0 saturated carbocycles. The summed E-state index contributed by atoms with van der Waals surface area (Å²) in [4.78, 5) is 13.9. The number of carbonyl (C=O) groups excluding carboxylic acids is 1. The zero-order valence-corrected chi connectivity index (χ0v) is 23.0. The maximum Gasteiger partial charge on any atom is 0.360 e. The first-order chi connectivity index (χ1) is 17.1. The second-order valence-corrected chi connectivity index (χ2v) is 11.1. The summed E-state index contributed by atoms with van der Waals surface area (Å²) < 4.78 is 24.9. The maximum absolute atomic E-state index is 13.9. The SMILES string of the molecule is CCn1ncc(C(=O)c2cc(C)c3c(c2C)C(C)(C)CCC3)c1CCOS(=O)Oc1ccc(C)cc1. The van der Waals surface area contributed by atoms with Crippen molar-refractivity contribution in [1.82, 2.24) is 9.78 Å². The third-order valence-corrected chi connectivity index (χ3v) is 7.95. The van der Waals surface area contributed by atoms with Gasteiger partial charge < -0.3 is 4.18 Å². The van der Waals surface area contributed by atoms with E-state index in [1.165, 1.54) is 23.1 Å². The number of hydrogen-bond donors (Lipinski definition) is 0. The lowest BCUT2D eigenvalue weighted by atomic mass is 9.68. The van der Waals surface area contributed by atoms with Crippen LogP contribution in [0.3, 0.4) is 0 Å². The molecule has 0 saturated heterocycles. The maximum atomic E-state index is 13.9. The molecule has 0 radical (unpaired) electrons. The molecule has 7 heteroatoms. The first-order valence-corrected chi connectivity index (χ1v) is 13.7. The Balaban J connectivity index is 1.54. The molecular weight excluding hydrogens is 472 g/mol. The molecule has 36 heavy (non-hydrogen) atoms. The van der Waals surface area contributed by atoms with Gasteiger partial charge >= 0.3 is 11.4 Å². The number of ketones is 1. The van der Waals surface area contributed by atoms with Gasteiger partial charge in [-0.25, -0.2) is 0 Å². The number of fused-ring (bicyclic) bond motifs is 1. The number of hydrogen-bond acceptors (Lipinski definition) is 5. The fourth-order valence-electron chi connectivity index (χ4n) is 5.46. The number of aromatic nitrogens is 2. The lowest BCUT2D eigenvalue weighted by molar-refractivity contribution is 0.103. The van der Waals surface area contributed by atoms with E-state index in [9.17, 15) is 9.00 Å². The second kappa shape index (κ2) is 10.7. The van der Waals surface area contributed by atoms with Gasteiger partial charge in [0.25, 0.3) is 0 Å². The molecule has 1 heterocycles. The molecule has 3 aromatic rings. The van der Waals surface area contributed by atoms with Gasteiger partial charge in [-0.3, -0.25) is 13.7 Å². The smallest absolute Gasteiger partial charge is 0.360 e. The van der Waals surface area contributed by atoms with Gasteiger partial charge in [0.05, 0.1) is 24.1 Å². The molecule has 6 nitrogen and oxygen atoms in total. The van der Waals surface area contributed by atoms with Crippen molar-refractivity contribution in [3.63, 3.8) is 0 Å². The summed E-state index contributed by atoms with van der Waals surface area (Å²) in [6.07, 6.45) is 5.41. The third kappa shape index (κ3) is 5.32. The average Bonchev–Trinajstić information content (AvgIpc) is 3.24. The van der Waals surface area contributed by atoms with Crippen molar-refractivity contribution in [3.05, 3.63) is 81.2 Å². The summed E-state index contributed by atoms with van der Waals surface area (Å²) in [6.45, 7) is 13.5. The van der Waals surface area contributed by atoms with Crippen LogP contribution in [0.1, 0.15) is 83.0 Å². The highest BCUT2D eigenvalue weighted by atomic mass is 32.2. The number of rotatable bonds is 9. The first-order valence-electron chi connectivity index (χ1n) is 12.7. The minimum atomic E-state index is -1.93. The number of aryl methyl sites for hydroxylation is 3. The number of nitrogens with zero attached hydrogens (tertiary/aromatic N) is 2. The van der Waals surface area contributed by atoms with Crippen LogP contribution in [0.4, 0.5) is 0 Å². The summed E-state index contributed by atoms with van der Waals surface area (Å²) in [5, 5.41) is 4.46. The summed E-state index contributed by atoms with van der Waals surface area (Å²) >= 11 is -1.93. The van der Waals surface area contributed by atoms with Gasteiger partial charge in [0.1, 0.15) is 5.75 Å². The van der Waals surface area contributed by atoms with Crippen LogP contribution in [0.15, 0.2) is 36.5 Å². The zero-order valence-electron chi connectivity index (χ0n) is 22.1. The van der Waals surface area contributed by atoms with Crippen LogP contribution in [0, 0.1) is 20.8 Å². The van der Waals surface area contributed by atoms with Crippen molar-refractivity contribution in [3.8, 4) is 5.75 Å². The Bertz CT molecular complexity index is 1290. The van der Waals surface area contributed by atoms with Crippen LogP contribution in [0.2, 0.25) is 0 Å². The van der Waals surface area contributed by atoms with Gasteiger partial charge in [-0.2, -0.15) is 9.31 Å². The van der Waals surface area contributed by atoms with Crippen molar-refractivity contribution in [1.29, 1.82) is 0 Å². The molecule has 0 amide bonds. The first kappa shape index (κ1) is 26.3. The molecule has 0 aliphatic heterocycles. The highest BCUT2D eigenvalue weighted by molar-refractivity contribution is 7.75. The van der Waals surface area contributed by atoms with Crippen LogP contribution < -0.4 is 4.18 Å². The molecule has 0 fully saturated rings. The molecule has 1 atom stereocenters. The van der Waals surface area contributed by atoms with Crippen LogP contribution in [0.25, 0.3) is 0 Å². The van der Waals surface area contributed by atoms with Gasteiger partial charge in [0.15, 0.2) is 5.78 Å². The lowest BCUT2D eigenvalue weighted by Gasteiger charge is -2.36. The molecule has 0 N–H and O–H groups in total. The second-order valence-electron chi connectivity index (χ2n) is 10.3. The van der Waals surface area contributed by atoms with E-state index in [-0.39, 0.29) is 17.8 Å². The van der Waals surface area contributed by atoms with Crippen LogP contribution in [0.5, 0.6) is 5.75 Å². The zero-order chi connectivity index (χ0) is 26.0. The molecule has 1 aliphatic rings. The van der Waals surface area contributed by atoms with E-state index in [0.717, 1.165) is 35.2 Å². The Kier molecular flexibility index (Phi) is 7.81. The highest BCUT2D eigenvalue weighted by Gasteiger charge is 2.32. The van der Waals surface area contributed by atoms with E-state index in [1.54, 1.807) is 18.3 Å². The standard InChI is InChI=1S/C29H36N2O4S/c1-7-31-26(14-16-34-36(33)35-22-12-10-19(2)11-13-22)25(18-30-31)28(32)24-17-20(3)23-9-8-15-29(5,6)27(23)21(24)4/h10-13,17-18H,7-9,14-16H2,1-6H3. The molecular formula is C29H36N2O4S.